The van der Waals surface area contributed by atoms with E-state index in [2.05, 4.69) is 43.2 Å². The second-order valence-electron chi connectivity index (χ2n) is 2.23. The van der Waals surface area contributed by atoms with Crippen molar-refractivity contribution in [3.8, 4) is 0 Å². The molecule has 0 N–H and O–H groups in total. The molecule has 10 heavy (non-hydrogen) atoms. The summed E-state index contributed by atoms with van der Waals surface area (Å²) in [4.78, 5) is 0. The van der Waals surface area contributed by atoms with Gasteiger partial charge in [0.15, 0.2) is 0 Å². The van der Waals surface area contributed by atoms with Crippen LogP contribution in [0.1, 0.15) is 33.6 Å². The highest BCUT2D eigenvalue weighted by Crippen LogP contribution is 2.25. The second kappa shape index (κ2) is 6.95. The Kier molecular flexibility index (Phi) is 9.61. The Morgan fingerprint density at radius 1 is 1.10 bits per heavy atom. The van der Waals surface area contributed by atoms with Crippen molar-refractivity contribution in [3.05, 3.63) is 0 Å². The topological polar surface area (TPSA) is 0 Å². The lowest BCUT2D eigenvalue weighted by Crippen LogP contribution is -2.08. The number of rotatable bonds is 4. The molecule has 0 aromatic rings. The van der Waals surface area contributed by atoms with Crippen LogP contribution in [0.15, 0.2) is 0 Å². The van der Waals surface area contributed by atoms with Gasteiger partial charge in [-0.3, -0.25) is 0 Å². The van der Waals surface area contributed by atoms with Crippen LogP contribution in [0.2, 0.25) is 6.04 Å². The maximum Gasteiger partial charge on any atom is 0.228 e. The minimum atomic E-state index is -1.61. The highest BCUT2D eigenvalue weighted by molar-refractivity contribution is 8.68. The van der Waals surface area contributed by atoms with E-state index >= 15 is 0 Å². The normalized spacial score (nSPS) is 10.8. The highest BCUT2D eigenvalue weighted by atomic mass is 32.7. The van der Waals surface area contributed by atoms with Crippen LogP contribution >= 0.6 is 36.2 Å². The van der Waals surface area contributed by atoms with Gasteiger partial charge in [-0.25, -0.2) is 0 Å². The Hall–Kier alpha value is 1.27. The molecule has 0 aliphatic heterocycles. The molecule has 0 saturated heterocycles. The van der Waals surface area contributed by atoms with Crippen LogP contribution in [0.5, 0.6) is 0 Å². The van der Waals surface area contributed by atoms with Crippen molar-refractivity contribution in [3.63, 3.8) is 0 Å². The molecule has 0 fully saturated rings. The van der Waals surface area contributed by atoms with Gasteiger partial charge in [0.1, 0.15) is 0 Å². The van der Waals surface area contributed by atoms with E-state index in [1.807, 2.05) is 0 Å². The molecule has 0 saturated carbocycles. The molecular formula is C6H18S3Si. The summed E-state index contributed by atoms with van der Waals surface area (Å²) in [6.45, 7) is 2.19. The molecule has 0 amide bonds. The van der Waals surface area contributed by atoms with E-state index in [1.54, 1.807) is 0 Å². The van der Waals surface area contributed by atoms with Gasteiger partial charge in [0.2, 0.25) is 5.52 Å². The Labute approximate surface area is 81.3 Å². The zero-order chi connectivity index (χ0) is 7.33. The first-order valence-electron chi connectivity index (χ1n) is 3.23. The van der Waals surface area contributed by atoms with E-state index in [0.717, 1.165) is 6.04 Å². The van der Waals surface area contributed by atoms with Gasteiger partial charge >= 0.3 is 0 Å². The molecule has 0 nitrogen and oxygen atoms in total. The van der Waals surface area contributed by atoms with E-state index in [9.17, 15) is 0 Å². The predicted octanol–water partition coefficient (Wildman–Crippen LogP) is 3.54. The fraction of sp³-hybridized carbons (Fsp3) is 1.00. The van der Waals surface area contributed by atoms with Crippen molar-refractivity contribution in [2.45, 2.75) is 39.7 Å². The summed E-state index contributed by atoms with van der Waals surface area (Å²) in [7, 11) is 0. The largest absolute Gasteiger partial charge is 0.228 e. The standard InChI is InChI=1S/C5H14S3Si.CH4/c1-2-3-4-5-9(6,7)8;/h6-8H,2-5H2,1H3;1H4. The van der Waals surface area contributed by atoms with Gasteiger partial charge in [0.05, 0.1) is 0 Å². The average Bonchev–Trinajstić information content (AvgIpc) is 1.63. The quantitative estimate of drug-likeness (QED) is 0.356. The van der Waals surface area contributed by atoms with Crippen molar-refractivity contribution in [2.75, 3.05) is 0 Å². The highest BCUT2D eigenvalue weighted by Gasteiger charge is 2.16. The van der Waals surface area contributed by atoms with Crippen LogP contribution in [0, 0.1) is 0 Å². The molecule has 64 valence electrons. The second-order valence-corrected chi connectivity index (χ2v) is 14.3. The van der Waals surface area contributed by atoms with Crippen molar-refractivity contribution in [1.82, 2.24) is 0 Å². The summed E-state index contributed by atoms with van der Waals surface area (Å²) in [5, 5.41) is 0. The smallest absolute Gasteiger partial charge is 0.180 e. The molecule has 0 spiro atoms. The predicted molar refractivity (Wildman–Crippen MR) is 63.8 cm³/mol. The van der Waals surface area contributed by atoms with Gasteiger partial charge < -0.3 is 0 Å². The third-order valence-electron chi connectivity index (χ3n) is 1.12. The molecule has 0 aliphatic rings. The van der Waals surface area contributed by atoms with Gasteiger partial charge in [-0.2, -0.15) is 36.2 Å². The van der Waals surface area contributed by atoms with Crippen molar-refractivity contribution < 1.29 is 0 Å². The third-order valence-corrected chi connectivity index (χ3v) is 4.15. The first-order valence-corrected chi connectivity index (χ1v) is 9.31. The molecular weight excluding hydrogens is 196 g/mol. The van der Waals surface area contributed by atoms with Crippen LogP contribution in [0.3, 0.4) is 0 Å². The fourth-order valence-corrected chi connectivity index (χ4v) is 2.76. The Balaban J connectivity index is 0. The molecule has 0 radical (unpaired) electrons. The molecule has 0 bridgehead atoms. The minimum Gasteiger partial charge on any atom is -0.180 e. The average molecular weight is 214 g/mol. The number of thiol groups is 3. The van der Waals surface area contributed by atoms with Crippen molar-refractivity contribution in [2.24, 2.45) is 0 Å². The van der Waals surface area contributed by atoms with Crippen LogP contribution in [-0.4, -0.2) is 5.52 Å². The Morgan fingerprint density at radius 2 is 1.60 bits per heavy atom. The third kappa shape index (κ3) is 12.0. The van der Waals surface area contributed by atoms with E-state index in [1.165, 1.54) is 19.3 Å². The first kappa shape index (κ1) is 13.8. The number of hydrogen-bond donors (Lipinski definition) is 3. The van der Waals surface area contributed by atoms with E-state index in [4.69, 9.17) is 0 Å². The lowest BCUT2D eigenvalue weighted by molar-refractivity contribution is 0.769. The summed E-state index contributed by atoms with van der Waals surface area (Å²) in [5.74, 6) is 0. The lowest BCUT2D eigenvalue weighted by atomic mass is 10.3. The van der Waals surface area contributed by atoms with E-state index in [0.29, 0.717) is 0 Å². The Bertz CT molecular complexity index is 69.9. The van der Waals surface area contributed by atoms with E-state index in [-0.39, 0.29) is 7.43 Å². The lowest BCUT2D eigenvalue weighted by Gasteiger charge is -2.10. The first-order chi connectivity index (χ1) is 4.06. The molecule has 0 aromatic heterocycles. The number of hydrogen-bond acceptors (Lipinski definition) is 3. The zero-order valence-electron chi connectivity index (χ0n) is 5.67. The van der Waals surface area contributed by atoms with Gasteiger partial charge in [0, 0.05) is 0 Å². The molecule has 0 aliphatic carbocycles. The summed E-state index contributed by atoms with van der Waals surface area (Å²) in [5.41, 5.74) is -1.61. The molecule has 4 heteroatoms. The van der Waals surface area contributed by atoms with Crippen molar-refractivity contribution >= 4 is 41.8 Å². The van der Waals surface area contributed by atoms with Crippen LogP contribution in [0.4, 0.5) is 0 Å². The summed E-state index contributed by atoms with van der Waals surface area (Å²) in [6, 6.07) is 1.11. The summed E-state index contributed by atoms with van der Waals surface area (Å²) < 4.78 is 0. The van der Waals surface area contributed by atoms with Gasteiger partial charge in [-0.1, -0.05) is 33.6 Å². The molecule has 0 atom stereocenters. The van der Waals surface area contributed by atoms with Gasteiger partial charge in [0.25, 0.3) is 0 Å². The zero-order valence-corrected chi connectivity index (χ0v) is 9.35. The summed E-state index contributed by atoms with van der Waals surface area (Å²) >= 11 is 12.9. The number of unbranched alkanes of at least 4 members (excludes halogenated alkanes) is 2. The maximum absolute atomic E-state index is 4.29. The monoisotopic (exact) mass is 214 g/mol. The SMILES string of the molecule is C.CCCCC[Si](S)(S)S. The Morgan fingerprint density at radius 3 is 1.90 bits per heavy atom. The maximum atomic E-state index is 4.29. The van der Waals surface area contributed by atoms with Crippen LogP contribution in [0.25, 0.3) is 0 Å². The van der Waals surface area contributed by atoms with Gasteiger partial charge in [-0.05, 0) is 6.04 Å². The summed E-state index contributed by atoms with van der Waals surface area (Å²) in [6.07, 6.45) is 3.79. The molecule has 0 heterocycles. The van der Waals surface area contributed by atoms with Crippen molar-refractivity contribution in [1.29, 1.82) is 0 Å². The molecule has 0 rings (SSSR count). The minimum absolute atomic E-state index is 0. The molecule has 0 unspecified atom stereocenters. The molecule has 0 aromatic carbocycles. The van der Waals surface area contributed by atoms with Crippen LogP contribution in [-0.2, 0) is 0 Å². The van der Waals surface area contributed by atoms with Crippen LogP contribution < -0.4 is 0 Å². The fourth-order valence-electron chi connectivity index (χ4n) is 0.612. The van der Waals surface area contributed by atoms with Gasteiger partial charge in [-0.15, -0.1) is 0 Å². The van der Waals surface area contributed by atoms with E-state index < -0.39 is 5.52 Å².